The van der Waals surface area contributed by atoms with Crippen LogP contribution in [0, 0.1) is 12.7 Å². The number of nitrogens with zero attached hydrogens (tertiary/aromatic N) is 2. The molecule has 1 saturated heterocycles. The smallest absolute Gasteiger partial charge is 0.301 e. The standard InChI is InChI=1S/C26H25FN2O5/c1-3-4-5-14-33-20-12-8-17(9-13-20)23-22(24(30)18-6-10-19(27)11-7-18)25(31)26(32)29(23)21-15-16(2)34-28-21/h6-13,15,23,30H,3-5,14H2,1-2H3/b24-22+/t23-/m0/s1. The summed E-state index contributed by atoms with van der Waals surface area (Å²) in [5, 5.41) is 14.9. The molecule has 0 bridgehead atoms. The Morgan fingerprint density at radius 2 is 1.82 bits per heavy atom. The summed E-state index contributed by atoms with van der Waals surface area (Å²) in [5.41, 5.74) is 0.676. The second-order valence-corrected chi connectivity index (χ2v) is 8.10. The molecule has 1 aliphatic heterocycles. The number of halogens is 1. The summed E-state index contributed by atoms with van der Waals surface area (Å²) >= 11 is 0. The van der Waals surface area contributed by atoms with Gasteiger partial charge in [0.15, 0.2) is 5.82 Å². The molecule has 0 aliphatic carbocycles. The van der Waals surface area contributed by atoms with Crippen LogP contribution in [0.25, 0.3) is 5.76 Å². The molecular weight excluding hydrogens is 439 g/mol. The van der Waals surface area contributed by atoms with Gasteiger partial charge in [-0.25, -0.2) is 4.39 Å². The number of hydrogen-bond acceptors (Lipinski definition) is 6. The Bertz CT molecular complexity index is 1210. The van der Waals surface area contributed by atoms with Crippen LogP contribution >= 0.6 is 0 Å². The number of ketones is 1. The topological polar surface area (TPSA) is 92.9 Å². The number of benzene rings is 2. The monoisotopic (exact) mass is 464 g/mol. The van der Waals surface area contributed by atoms with Crippen LogP contribution in [0.2, 0.25) is 0 Å². The second-order valence-electron chi connectivity index (χ2n) is 8.10. The highest BCUT2D eigenvalue weighted by molar-refractivity contribution is 6.51. The molecule has 8 heteroatoms. The van der Waals surface area contributed by atoms with Gasteiger partial charge in [0, 0.05) is 11.6 Å². The van der Waals surface area contributed by atoms with Crippen molar-refractivity contribution in [1.82, 2.24) is 5.16 Å². The van der Waals surface area contributed by atoms with Crippen LogP contribution in [0.1, 0.15) is 49.1 Å². The van der Waals surface area contributed by atoms with Crippen LogP contribution in [0.3, 0.4) is 0 Å². The molecule has 0 saturated carbocycles. The highest BCUT2D eigenvalue weighted by atomic mass is 19.1. The largest absolute Gasteiger partial charge is 0.507 e. The van der Waals surface area contributed by atoms with Gasteiger partial charge in [0.2, 0.25) is 0 Å². The lowest BCUT2D eigenvalue weighted by molar-refractivity contribution is -0.132. The van der Waals surface area contributed by atoms with Crippen molar-refractivity contribution in [2.75, 3.05) is 11.5 Å². The summed E-state index contributed by atoms with van der Waals surface area (Å²) in [6.45, 7) is 4.38. The maximum atomic E-state index is 13.4. The van der Waals surface area contributed by atoms with Crippen LogP contribution in [-0.4, -0.2) is 28.6 Å². The zero-order chi connectivity index (χ0) is 24.2. The molecule has 1 amide bonds. The molecule has 0 spiro atoms. The molecule has 2 aromatic carbocycles. The molecule has 1 aliphatic rings. The van der Waals surface area contributed by atoms with Gasteiger partial charge in [-0.05, 0) is 55.3 Å². The molecule has 1 aromatic heterocycles. The number of rotatable bonds is 8. The first-order valence-electron chi connectivity index (χ1n) is 11.1. The number of carbonyl (C=O) groups excluding carboxylic acids is 2. The molecule has 4 rings (SSSR count). The van der Waals surface area contributed by atoms with Crippen molar-refractivity contribution in [3.8, 4) is 5.75 Å². The third kappa shape index (κ3) is 4.57. The van der Waals surface area contributed by atoms with E-state index in [-0.39, 0.29) is 17.0 Å². The molecule has 3 aromatic rings. The summed E-state index contributed by atoms with van der Waals surface area (Å²) in [7, 11) is 0. The molecule has 1 N–H and O–H groups in total. The molecule has 1 fully saturated rings. The molecule has 2 heterocycles. The van der Waals surface area contributed by atoms with Crippen molar-refractivity contribution >= 4 is 23.3 Å². The van der Waals surface area contributed by atoms with E-state index in [1.54, 1.807) is 37.3 Å². The Labute approximate surface area is 196 Å². The minimum atomic E-state index is -0.955. The maximum Gasteiger partial charge on any atom is 0.301 e. The summed E-state index contributed by atoms with van der Waals surface area (Å²) in [5.74, 6) is -1.32. The third-order valence-electron chi connectivity index (χ3n) is 5.64. The van der Waals surface area contributed by atoms with Crippen molar-refractivity contribution in [2.45, 2.75) is 39.2 Å². The SMILES string of the molecule is CCCCCOc1ccc([C@H]2/C(=C(\O)c3ccc(F)cc3)C(=O)C(=O)N2c2cc(C)on2)cc1. The Hall–Kier alpha value is -3.94. The van der Waals surface area contributed by atoms with E-state index in [9.17, 15) is 19.1 Å². The summed E-state index contributed by atoms with van der Waals surface area (Å²) in [4.78, 5) is 27.3. The van der Waals surface area contributed by atoms with Crippen LogP contribution < -0.4 is 9.64 Å². The quantitative estimate of drug-likeness (QED) is 0.210. The number of amides is 1. The number of aliphatic hydroxyl groups is 1. The number of aryl methyl sites for hydroxylation is 1. The average Bonchev–Trinajstić information content (AvgIpc) is 3.37. The first-order chi connectivity index (χ1) is 16.4. The van der Waals surface area contributed by atoms with Gasteiger partial charge in [-0.2, -0.15) is 0 Å². The Morgan fingerprint density at radius 3 is 2.44 bits per heavy atom. The van der Waals surface area contributed by atoms with E-state index in [2.05, 4.69) is 12.1 Å². The van der Waals surface area contributed by atoms with E-state index in [1.807, 2.05) is 0 Å². The number of carbonyl (C=O) groups is 2. The van der Waals surface area contributed by atoms with Gasteiger partial charge in [-0.15, -0.1) is 0 Å². The number of aromatic nitrogens is 1. The molecule has 0 radical (unpaired) electrons. The number of aliphatic hydroxyl groups excluding tert-OH is 1. The summed E-state index contributed by atoms with van der Waals surface area (Å²) in [6.07, 6.45) is 3.12. The summed E-state index contributed by atoms with van der Waals surface area (Å²) < 4.78 is 24.3. The lowest BCUT2D eigenvalue weighted by atomic mass is 9.95. The van der Waals surface area contributed by atoms with Crippen LogP contribution in [0.5, 0.6) is 5.75 Å². The van der Waals surface area contributed by atoms with Crippen LogP contribution in [0.15, 0.2) is 64.7 Å². The highest BCUT2D eigenvalue weighted by Crippen LogP contribution is 2.42. The van der Waals surface area contributed by atoms with Gasteiger partial charge in [0.05, 0.1) is 18.2 Å². The molecule has 1 atom stereocenters. The fourth-order valence-electron chi connectivity index (χ4n) is 3.90. The molecular formula is C26H25FN2O5. The second kappa shape index (κ2) is 9.91. The first kappa shape index (κ1) is 23.2. The number of hydrogen-bond donors (Lipinski definition) is 1. The lowest BCUT2D eigenvalue weighted by Gasteiger charge is -2.23. The third-order valence-corrected chi connectivity index (χ3v) is 5.64. The zero-order valence-corrected chi connectivity index (χ0v) is 19.0. The number of Topliss-reactive ketones (excluding diaryl/α,β-unsaturated/α-hetero) is 1. The van der Waals surface area contributed by atoms with E-state index in [0.717, 1.165) is 19.3 Å². The molecule has 7 nitrogen and oxygen atoms in total. The van der Waals surface area contributed by atoms with Crippen molar-refractivity contribution in [2.24, 2.45) is 0 Å². The molecule has 176 valence electrons. The predicted molar refractivity (Wildman–Crippen MR) is 124 cm³/mol. The van der Waals surface area contributed by atoms with E-state index in [0.29, 0.717) is 23.7 Å². The van der Waals surface area contributed by atoms with Crippen LogP contribution in [-0.2, 0) is 9.59 Å². The van der Waals surface area contributed by atoms with Crippen molar-refractivity contribution in [3.63, 3.8) is 0 Å². The van der Waals surface area contributed by atoms with Gasteiger partial charge in [0.25, 0.3) is 5.78 Å². The highest BCUT2D eigenvalue weighted by Gasteiger charge is 2.48. The predicted octanol–water partition coefficient (Wildman–Crippen LogP) is 5.32. The van der Waals surface area contributed by atoms with E-state index < -0.39 is 29.3 Å². The number of unbranched alkanes of at least 4 members (excludes halogenated alkanes) is 2. The van der Waals surface area contributed by atoms with Crippen molar-refractivity contribution < 1.29 is 28.3 Å². The molecule has 34 heavy (non-hydrogen) atoms. The Balaban J connectivity index is 1.76. The van der Waals surface area contributed by atoms with E-state index in [4.69, 9.17) is 9.26 Å². The Kier molecular flexibility index (Phi) is 6.77. The summed E-state index contributed by atoms with van der Waals surface area (Å²) in [6, 6.07) is 12.6. The van der Waals surface area contributed by atoms with Gasteiger partial charge in [-0.1, -0.05) is 37.1 Å². The van der Waals surface area contributed by atoms with Crippen LogP contribution in [0.4, 0.5) is 10.2 Å². The van der Waals surface area contributed by atoms with Gasteiger partial charge < -0.3 is 14.4 Å². The van der Waals surface area contributed by atoms with Gasteiger partial charge in [0.1, 0.15) is 23.1 Å². The number of anilines is 1. The van der Waals surface area contributed by atoms with Gasteiger partial charge >= 0.3 is 5.91 Å². The minimum Gasteiger partial charge on any atom is -0.507 e. The first-order valence-corrected chi connectivity index (χ1v) is 11.1. The Morgan fingerprint density at radius 1 is 1.12 bits per heavy atom. The van der Waals surface area contributed by atoms with Gasteiger partial charge in [-0.3, -0.25) is 14.5 Å². The van der Waals surface area contributed by atoms with E-state index >= 15 is 0 Å². The fraction of sp³-hybridized carbons (Fsp3) is 0.269. The van der Waals surface area contributed by atoms with E-state index in [1.165, 1.54) is 29.2 Å². The zero-order valence-electron chi connectivity index (χ0n) is 19.0. The lowest BCUT2D eigenvalue weighted by Crippen LogP contribution is -2.29. The fourth-order valence-corrected chi connectivity index (χ4v) is 3.90. The average molecular weight is 464 g/mol. The number of ether oxygens (including phenoxy) is 1. The van der Waals surface area contributed by atoms with Crippen molar-refractivity contribution in [3.05, 3.63) is 82.9 Å². The van der Waals surface area contributed by atoms with Crippen molar-refractivity contribution in [1.29, 1.82) is 0 Å². The normalized spacial score (nSPS) is 17.4. The maximum absolute atomic E-state index is 13.4. The minimum absolute atomic E-state index is 0.117. The molecule has 0 unspecified atom stereocenters.